The van der Waals surface area contributed by atoms with E-state index in [9.17, 15) is 0 Å². The van der Waals surface area contributed by atoms with Gasteiger partial charge in [-0.05, 0) is 18.9 Å². The molecule has 0 saturated carbocycles. The molecule has 3 aromatic rings. The Labute approximate surface area is 121 Å². The zero-order valence-corrected chi connectivity index (χ0v) is 11.8. The second-order valence-corrected chi connectivity index (χ2v) is 5.38. The van der Waals surface area contributed by atoms with Crippen LogP contribution in [0.4, 0.5) is 5.82 Å². The Morgan fingerprint density at radius 2 is 2.33 bits per heavy atom. The van der Waals surface area contributed by atoms with E-state index in [0.29, 0.717) is 17.5 Å². The van der Waals surface area contributed by atoms with Crippen molar-refractivity contribution >= 4 is 17.0 Å². The zero-order valence-electron chi connectivity index (χ0n) is 11.8. The highest BCUT2D eigenvalue weighted by molar-refractivity contribution is 5.81. The van der Waals surface area contributed by atoms with Gasteiger partial charge < -0.3 is 9.32 Å². The van der Waals surface area contributed by atoms with Gasteiger partial charge in [-0.15, -0.1) is 0 Å². The summed E-state index contributed by atoms with van der Waals surface area (Å²) in [6.45, 7) is 3.71. The fourth-order valence-electron chi connectivity index (χ4n) is 3.00. The Morgan fingerprint density at radius 3 is 3.19 bits per heavy atom. The maximum atomic E-state index is 5.49. The first-order chi connectivity index (χ1) is 10.3. The van der Waals surface area contributed by atoms with Gasteiger partial charge in [0.25, 0.3) is 5.71 Å². The van der Waals surface area contributed by atoms with E-state index in [1.54, 1.807) is 12.5 Å². The Hall–Kier alpha value is -2.44. The molecule has 108 valence electrons. The topological polar surface area (TPSA) is 83.7 Å². The number of aromatic nitrogens is 5. The van der Waals surface area contributed by atoms with Gasteiger partial charge in [-0.25, -0.2) is 9.97 Å². The van der Waals surface area contributed by atoms with Crippen LogP contribution in [0.2, 0.25) is 0 Å². The Morgan fingerprint density at radius 1 is 1.38 bits per heavy atom. The first kappa shape index (κ1) is 12.3. The molecule has 0 spiro atoms. The summed E-state index contributed by atoms with van der Waals surface area (Å²) in [7, 11) is 0. The molecule has 21 heavy (non-hydrogen) atoms. The minimum Gasteiger partial charge on any atom is -0.422 e. The Balaban J connectivity index is 1.68. The van der Waals surface area contributed by atoms with Gasteiger partial charge in [0.15, 0.2) is 17.2 Å². The molecule has 7 nitrogen and oxygen atoms in total. The van der Waals surface area contributed by atoms with E-state index in [1.807, 2.05) is 13.0 Å². The van der Waals surface area contributed by atoms with Crippen LogP contribution >= 0.6 is 0 Å². The van der Waals surface area contributed by atoms with Gasteiger partial charge in [-0.2, -0.15) is 10.1 Å². The van der Waals surface area contributed by atoms with E-state index in [-0.39, 0.29) is 0 Å². The fraction of sp³-hybridized carbons (Fsp3) is 0.429. The third-order valence-corrected chi connectivity index (χ3v) is 3.97. The number of piperidine rings is 1. The normalized spacial score (nSPS) is 19.3. The molecule has 0 bridgehead atoms. The summed E-state index contributed by atoms with van der Waals surface area (Å²) in [5.41, 5.74) is 2.49. The van der Waals surface area contributed by atoms with Crippen LogP contribution in [-0.4, -0.2) is 38.2 Å². The van der Waals surface area contributed by atoms with Crippen molar-refractivity contribution in [3.63, 3.8) is 0 Å². The number of fused-ring (bicyclic) bond motifs is 1. The van der Waals surface area contributed by atoms with E-state index in [0.717, 1.165) is 37.3 Å². The summed E-state index contributed by atoms with van der Waals surface area (Å²) in [6.07, 6.45) is 5.62. The second-order valence-electron chi connectivity index (χ2n) is 5.38. The molecule has 4 rings (SSSR count). The van der Waals surface area contributed by atoms with Crippen LogP contribution in [0, 0.1) is 6.92 Å². The van der Waals surface area contributed by atoms with Crippen molar-refractivity contribution in [2.24, 2.45) is 0 Å². The van der Waals surface area contributed by atoms with Gasteiger partial charge in [0.2, 0.25) is 0 Å². The number of H-pyrrole nitrogens is 1. The Kier molecular flexibility index (Phi) is 2.83. The molecular weight excluding hydrogens is 268 g/mol. The van der Waals surface area contributed by atoms with E-state index in [1.165, 1.54) is 5.69 Å². The van der Waals surface area contributed by atoms with Gasteiger partial charge in [-0.1, -0.05) is 0 Å². The number of aromatic amines is 1. The van der Waals surface area contributed by atoms with Gasteiger partial charge >= 0.3 is 0 Å². The molecule has 0 amide bonds. The third kappa shape index (κ3) is 2.14. The van der Waals surface area contributed by atoms with E-state index in [2.05, 4.69) is 30.0 Å². The van der Waals surface area contributed by atoms with Crippen molar-refractivity contribution in [1.29, 1.82) is 0 Å². The summed E-state index contributed by atoms with van der Waals surface area (Å²) < 4.78 is 5.49. The molecule has 1 atom stereocenters. The number of hydrogen-bond acceptors (Lipinski definition) is 6. The van der Waals surface area contributed by atoms with Crippen LogP contribution in [-0.2, 0) is 0 Å². The van der Waals surface area contributed by atoms with Crippen molar-refractivity contribution < 1.29 is 4.42 Å². The summed E-state index contributed by atoms with van der Waals surface area (Å²) in [5.74, 6) is 1.93. The number of oxazole rings is 1. The lowest BCUT2D eigenvalue weighted by molar-refractivity contribution is 0.498. The summed E-state index contributed by atoms with van der Waals surface area (Å²) in [5, 5.41) is 7.13. The highest BCUT2D eigenvalue weighted by Gasteiger charge is 2.25. The van der Waals surface area contributed by atoms with Gasteiger partial charge in [0, 0.05) is 37.8 Å². The van der Waals surface area contributed by atoms with Crippen LogP contribution in [0.5, 0.6) is 0 Å². The lowest BCUT2D eigenvalue weighted by Crippen LogP contribution is -2.35. The number of rotatable bonds is 2. The summed E-state index contributed by atoms with van der Waals surface area (Å²) in [4.78, 5) is 15.3. The standard InChI is InChI=1S/C14H16N6O/c1-9-18-12-13(15-8-16-14(12)21-9)20-6-2-3-10(7-20)11-4-5-17-19-11/h4-5,8,10H,2-3,6-7H2,1H3,(H,17,19)/t10-/m0/s1. The number of hydrogen-bond donors (Lipinski definition) is 1. The minimum atomic E-state index is 0.444. The summed E-state index contributed by atoms with van der Waals surface area (Å²) in [6, 6.07) is 2.05. The molecule has 1 fully saturated rings. The van der Waals surface area contributed by atoms with Gasteiger partial charge in [0.05, 0.1) is 0 Å². The molecule has 1 aliphatic heterocycles. The quantitative estimate of drug-likeness (QED) is 0.775. The van der Waals surface area contributed by atoms with Crippen LogP contribution in [0.25, 0.3) is 11.2 Å². The molecule has 1 N–H and O–H groups in total. The van der Waals surface area contributed by atoms with Crippen LogP contribution in [0.3, 0.4) is 0 Å². The number of nitrogens with one attached hydrogen (secondary N) is 1. The highest BCUT2D eigenvalue weighted by Crippen LogP contribution is 2.30. The van der Waals surface area contributed by atoms with Crippen molar-refractivity contribution in [2.75, 3.05) is 18.0 Å². The molecule has 1 aliphatic rings. The molecular formula is C14H16N6O. The zero-order chi connectivity index (χ0) is 14.2. The summed E-state index contributed by atoms with van der Waals surface area (Å²) >= 11 is 0. The number of anilines is 1. The van der Waals surface area contributed by atoms with Crippen molar-refractivity contribution in [3.8, 4) is 0 Å². The number of aryl methyl sites for hydroxylation is 1. The molecule has 0 aromatic carbocycles. The van der Waals surface area contributed by atoms with Crippen LogP contribution < -0.4 is 4.90 Å². The molecule has 0 radical (unpaired) electrons. The number of nitrogens with zero attached hydrogens (tertiary/aromatic N) is 5. The molecule has 0 aliphatic carbocycles. The molecule has 0 unspecified atom stereocenters. The average Bonchev–Trinajstić information content (AvgIpc) is 3.15. The van der Waals surface area contributed by atoms with Gasteiger partial charge in [0.1, 0.15) is 6.33 Å². The second kappa shape index (κ2) is 4.83. The predicted molar refractivity (Wildman–Crippen MR) is 77.1 cm³/mol. The Bertz CT molecular complexity index is 750. The first-order valence-corrected chi connectivity index (χ1v) is 7.13. The largest absolute Gasteiger partial charge is 0.422 e. The lowest BCUT2D eigenvalue weighted by Gasteiger charge is -2.32. The monoisotopic (exact) mass is 284 g/mol. The third-order valence-electron chi connectivity index (χ3n) is 3.97. The van der Waals surface area contributed by atoms with Crippen molar-refractivity contribution in [1.82, 2.24) is 25.1 Å². The van der Waals surface area contributed by atoms with Crippen LogP contribution in [0.15, 0.2) is 23.0 Å². The minimum absolute atomic E-state index is 0.444. The van der Waals surface area contributed by atoms with E-state index < -0.39 is 0 Å². The fourth-order valence-corrected chi connectivity index (χ4v) is 3.00. The van der Waals surface area contributed by atoms with Crippen molar-refractivity contribution in [3.05, 3.63) is 30.2 Å². The lowest BCUT2D eigenvalue weighted by atomic mass is 9.95. The maximum Gasteiger partial charge on any atom is 0.252 e. The van der Waals surface area contributed by atoms with Gasteiger partial charge in [-0.3, -0.25) is 5.10 Å². The average molecular weight is 284 g/mol. The van der Waals surface area contributed by atoms with Crippen LogP contribution in [0.1, 0.15) is 30.3 Å². The van der Waals surface area contributed by atoms with E-state index in [4.69, 9.17) is 4.42 Å². The molecule has 3 aromatic heterocycles. The smallest absolute Gasteiger partial charge is 0.252 e. The molecule has 1 saturated heterocycles. The predicted octanol–water partition coefficient (Wildman–Crippen LogP) is 2.03. The molecule has 7 heteroatoms. The van der Waals surface area contributed by atoms with E-state index >= 15 is 0 Å². The maximum absolute atomic E-state index is 5.49. The molecule has 4 heterocycles. The SMILES string of the molecule is Cc1nc2c(N3CCC[C@H](c4ccn[nH]4)C3)ncnc2o1. The van der Waals surface area contributed by atoms with Crippen molar-refractivity contribution in [2.45, 2.75) is 25.7 Å². The highest BCUT2D eigenvalue weighted by atomic mass is 16.4. The first-order valence-electron chi connectivity index (χ1n) is 7.13.